The van der Waals surface area contributed by atoms with Gasteiger partial charge in [0.2, 0.25) is 0 Å². The van der Waals surface area contributed by atoms with Crippen molar-refractivity contribution in [3.63, 3.8) is 0 Å². The molecule has 1 unspecified atom stereocenters. The molecule has 21 heavy (non-hydrogen) atoms. The molecule has 0 aromatic heterocycles. The minimum Gasteiger partial charge on any atom is -0.305 e. The van der Waals surface area contributed by atoms with Crippen LogP contribution >= 0.6 is 0 Å². The van der Waals surface area contributed by atoms with Crippen molar-refractivity contribution < 1.29 is 0 Å². The van der Waals surface area contributed by atoms with E-state index in [4.69, 9.17) is 0 Å². The predicted molar refractivity (Wildman–Crippen MR) is 88.9 cm³/mol. The first-order valence-electron chi connectivity index (χ1n) is 7.92. The molecule has 1 aliphatic carbocycles. The summed E-state index contributed by atoms with van der Waals surface area (Å²) in [5.41, 5.74) is 2.74. The van der Waals surface area contributed by atoms with Crippen molar-refractivity contribution in [2.45, 2.75) is 31.8 Å². The van der Waals surface area contributed by atoms with Gasteiger partial charge in [-0.25, -0.2) is 0 Å². The number of hydrogen-bond acceptors (Lipinski definition) is 1. The van der Waals surface area contributed by atoms with E-state index in [1.165, 1.54) is 30.4 Å². The van der Waals surface area contributed by atoms with Gasteiger partial charge in [-0.15, -0.1) is 0 Å². The summed E-state index contributed by atoms with van der Waals surface area (Å²) in [5, 5.41) is 3.77. The van der Waals surface area contributed by atoms with Crippen LogP contribution in [0.15, 0.2) is 72.8 Å². The van der Waals surface area contributed by atoms with Crippen LogP contribution in [0.2, 0.25) is 0 Å². The third-order valence-electron chi connectivity index (χ3n) is 4.25. The molecule has 0 heterocycles. The van der Waals surface area contributed by atoms with E-state index in [0.717, 1.165) is 6.54 Å². The Morgan fingerprint density at radius 2 is 1.67 bits per heavy atom. The Morgan fingerprint density at radius 1 is 0.952 bits per heavy atom. The highest BCUT2D eigenvalue weighted by molar-refractivity contribution is 5.22. The molecule has 0 spiro atoms. The minimum atomic E-state index is 0.406. The molecule has 0 fully saturated rings. The number of hydrogen-bond donors (Lipinski definition) is 1. The van der Waals surface area contributed by atoms with Crippen LogP contribution in [0.5, 0.6) is 0 Å². The van der Waals surface area contributed by atoms with Crippen LogP contribution in [0.4, 0.5) is 0 Å². The summed E-state index contributed by atoms with van der Waals surface area (Å²) >= 11 is 0. The molecule has 0 saturated carbocycles. The molecular formula is C20H23N. The van der Waals surface area contributed by atoms with Gasteiger partial charge in [0, 0.05) is 12.6 Å². The van der Waals surface area contributed by atoms with Crippen molar-refractivity contribution in [3.8, 4) is 0 Å². The summed E-state index contributed by atoms with van der Waals surface area (Å²) in [6.07, 6.45) is 8.56. The van der Waals surface area contributed by atoms with Gasteiger partial charge in [-0.3, -0.25) is 0 Å². The fourth-order valence-corrected chi connectivity index (χ4v) is 3.12. The Labute approximate surface area is 127 Å². The van der Waals surface area contributed by atoms with Crippen LogP contribution in [0.3, 0.4) is 0 Å². The molecule has 0 bridgehead atoms. The summed E-state index contributed by atoms with van der Waals surface area (Å²) in [7, 11) is 0. The molecule has 2 aromatic carbocycles. The van der Waals surface area contributed by atoms with E-state index < -0.39 is 0 Å². The molecule has 2 atom stereocenters. The lowest BCUT2D eigenvalue weighted by molar-refractivity contribution is 0.381. The Hall–Kier alpha value is -1.86. The lowest BCUT2D eigenvalue weighted by atomic mass is 9.85. The number of nitrogens with one attached hydrogen (secondary N) is 1. The summed E-state index contributed by atoms with van der Waals surface area (Å²) in [4.78, 5) is 0. The van der Waals surface area contributed by atoms with Crippen LogP contribution in [0.1, 0.15) is 36.4 Å². The predicted octanol–water partition coefficient (Wildman–Crippen LogP) is 4.87. The van der Waals surface area contributed by atoms with Crippen LogP contribution in [-0.2, 0) is 6.54 Å². The van der Waals surface area contributed by atoms with Crippen LogP contribution in [0.25, 0.3) is 0 Å². The van der Waals surface area contributed by atoms with E-state index in [0.29, 0.717) is 12.0 Å². The van der Waals surface area contributed by atoms with Gasteiger partial charge in [0.05, 0.1) is 0 Å². The van der Waals surface area contributed by atoms with Crippen molar-refractivity contribution in [1.82, 2.24) is 5.32 Å². The first kappa shape index (κ1) is 14.1. The summed E-state index contributed by atoms with van der Waals surface area (Å²) < 4.78 is 0. The fourth-order valence-electron chi connectivity index (χ4n) is 3.12. The molecular weight excluding hydrogens is 254 g/mol. The molecule has 0 saturated heterocycles. The molecule has 3 rings (SSSR count). The quantitative estimate of drug-likeness (QED) is 0.768. The zero-order valence-corrected chi connectivity index (χ0v) is 12.4. The first-order chi connectivity index (χ1) is 10.4. The highest BCUT2D eigenvalue weighted by Crippen LogP contribution is 2.30. The average molecular weight is 277 g/mol. The third kappa shape index (κ3) is 3.83. The van der Waals surface area contributed by atoms with Crippen molar-refractivity contribution in [2.24, 2.45) is 5.92 Å². The number of rotatable bonds is 5. The molecule has 1 heteroatoms. The smallest absolute Gasteiger partial charge is 0.0386 e. The lowest BCUT2D eigenvalue weighted by Crippen LogP contribution is -2.28. The zero-order valence-electron chi connectivity index (χ0n) is 12.4. The summed E-state index contributed by atoms with van der Waals surface area (Å²) in [5.74, 6) is 0.602. The van der Waals surface area contributed by atoms with Crippen LogP contribution < -0.4 is 5.32 Å². The maximum Gasteiger partial charge on any atom is 0.0386 e. The summed E-state index contributed by atoms with van der Waals surface area (Å²) in [6, 6.07) is 21.9. The second-order valence-electron chi connectivity index (χ2n) is 5.78. The zero-order chi connectivity index (χ0) is 14.3. The second kappa shape index (κ2) is 7.24. The van der Waals surface area contributed by atoms with Gasteiger partial charge in [0.1, 0.15) is 0 Å². The van der Waals surface area contributed by atoms with Gasteiger partial charge in [0.25, 0.3) is 0 Å². The third-order valence-corrected chi connectivity index (χ3v) is 4.25. The maximum atomic E-state index is 3.77. The second-order valence-corrected chi connectivity index (χ2v) is 5.78. The first-order valence-corrected chi connectivity index (χ1v) is 7.92. The molecule has 2 aromatic rings. The van der Waals surface area contributed by atoms with E-state index in [1.54, 1.807) is 0 Å². The van der Waals surface area contributed by atoms with Crippen LogP contribution in [0, 0.1) is 5.92 Å². The van der Waals surface area contributed by atoms with E-state index in [2.05, 4.69) is 78.1 Å². The fraction of sp³-hybridized carbons (Fsp3) is 0.300. The highest BCUT2D eigenvalue weighted by Gasteiger charge is 2.21. The van der Waals surface area contributed by atoms with Crippen LogP contribution in [-0.4, -0.2) is 0 Å². The Kier molecular flexibility index (Phi) is 4.86. The van der Waals surface area contributed by atoms with Gasteiger partial charge in [-0.05, 0) is 36.3 Å². The van der Waals surface area contributed by atoms with Gasteiger partial charge in [-0.1, -0.05) is 72.8 Å². The Bertz CT molecular complexity index is 559. The van der Waals surface area contributed by atoms with E-state index in [1.807, 2.05) is 0 Å². The Balaban J connectivity index is 1.76. The van der Waals surface area contributed by atoms with Gasteiger partial charge in [-0.2, -0.15) is 0 Å². The molecule has 1 N–H and O–H groups in total. The molecule has 1 aliphatic rings. The van der Waals surface area contributed by atoms with Gasteiger partial charge >= 0.3 is 0 Å². The van der Waals surface area contributed by atoms with E-state index >= 15 is 0 Å². The number of allylic oxidation sites excluding steroid dienone is 1. The standard InChI is InChI=1S/C20H23N/c1-4-10-17(11-5-1)16-21-20(18-12-6-2-7-13-18)19-14-8-3-9-15-19/h1-2,4-8,10-14,19-21H,3,9,15-16H2/t19?,20-/m1/s1. The van der Waals surface area contributed by atoms with Gasteiger partial charge < -0.3 is 5.32 Å². The molecule has 0 radical (unpaired) electrons. The monoisotopic (exact) mass is 277 g/mol. The van der Waals surface area contributed by atoms with Crippen molar-refractivity contribution in [1.29, 1.82) is 0 Å². The maximum absolute atomic E-state index is 3.77. The molecule has 0 amide bonds. The van der Waals surface area contributed by atoms with Crippen molar-refractivity contribution in [3.05, 3.63) is 83.9 Å². The van der Waals surface area contributed by atoms with E-state index in [-0.39, 0.29) is 0 Å². The number of benzene rings is 2. The topological polar surface area (TPSA) is 12.0 Å². The SMILES string of the molecule is C1=CC([C@H](NCc2ccccc2)c2ccccc2)CCC1. The summed E-state index contributed by atoms with van der Waals surface area (Å²) in [6.45, 7) is 0.921. The normalized spacial score (nSPS) is 19.3. The Morgan fingerprint density at radius 3 is 2.33 bits per heavy atom. The van der Waals surface area contributed by atoms with E-state index in [9.17, 15) is 0 Å². The van der Waals surface area contributed by atoms with Crippen molar-refractivity contribution in [2.75, 3.05) is 0 Å². The lowest BCUT2D eigenvalue weighted by Gasteiger charge is -2.28. The largest absolute Gasteiger partial charge is 0.305 e. The molecule has 108 valence electrons. The highest BCUT2D eigenvalue weighted by atomic mass is 14.9. The minimum absolute atomic E-state index is 0.406. The van der Waals surface area contributed by atoms with Gasteiger partial charge in [0.15, 0.2) is 0 Å². The van der Waals surface area contributed by atoms with Crippen molar-refractivity contribution >= 4 is 0 Å². The molecule has 0 aliphatic heterocycles. The molecule has 1 nitrogen and oxygen atoms in total. The average Bonchev–Trinajstić information content (AvgIpc) is 2.58.